The lowest BCUT2D eigenvalue weighted by atomic mass is 10.0. The number of aromatic nitrogens is 2. The SMILES string of the molecule is NC(=O)C(=O)C(Cc1ccoc1)NC(=O)c1cnoc1-c1ccccn1. The second-order valence-electron chi connectivity index (χ2n) is 5.37. The minimum Gasteiger partial charge on any atom is -0.472 e. The predicted molar refractivity (Wildman–Crippen MR) is 87.6 cm³/mol. The minimum absolute atomic E-state index is 0.0498. The highest BCUT2D eigenvalue weighted by Gasteiger charge is 2.28. The quantitative estimate of drug-likeness (QED) is 0.595. The Morgan fingerprint density at radius 3 is 2.73 bits per heavy atom. The van der Waals surface area contributed by atoms with Crippen LogP contribution in [0.2, 0.25) is 0 Å². The molecule has 0 saturated heterocycles. The van der Waals surface area contributed by atoms with Crippen LogP contribution in [0, 0.1) is 0 Å². The summed E-state index contributed by atoms with van der Waals surface area (Å²) in [5.41, 5.74) is 6.19. The Balaban J connectivity index is 1.83. The molecule has 3 aromatic heterocycles. The van der Waals surface area contributed by atoms with Crippen LogP contribution < -0.4 is 11.1 Å². The van der Waals surface area contributed by atoms with Crippen molar-refractivity contribution in [1.29, 1.82) is 0 Å². The molecule has 0 aliphatic heterocycles. The Kier molecular flexibility index (Phi) is 4.88. The molecular weight excluding hydrogens is 340 g/mol. The third-order valence-electron chi connectivity index (χ3n) is 3.60. The molecule has 0 saturated carbocycles. The first-order valence-electron chi connectivity index (χ1n) is 7.58. The van der Waals surface area contributed by atoms with Crippen molar-refractivity contribution in [3.05, 3.63) is 60.3 Å². The number of pyridine rings is 1. The van der Waals surface area contributed by atoms with Gasteiger partial charge in [-0.1, -0.05) is 11.2 Å². The van der Waals surface area contributed by atoms with Crippen molar-refractivity contribution in [3.63, 3.8) is 0 Å². The summed E-state index contributed by atoms with van der Waals surface area (Å²) in [5, 5.41) is 6.11. The third-order valence-corrected chi connectivity index (χ3v) is 3.60. The van der Waals surface area contributed by atoms with E-state index >= 15 is 0 Å². The second kappa shape index (κ2) is 7.43. The fourth-order valence-electron chi connectivity index (χ4n) is 2.34. The molecule has 3 aromatic rings. The van der Waals surface area contributed by atoms with Gasteiger partial charge in [0, 0.05) is 12.6 Å². The summed E-state index contributed by atoms with van der Waals surface area (Å²) < 4.78 is 10.0. The molecule has 132 valence electrons. The van der Waals surface area contributed by atoms with Gasteiger partial charge in [-0.3, -0.25) is 19.4 Å². The van der Waals surface area contributed by atoms with Crippen LogP contribution >= 0.6 is 0 Å². The van der Waals surface area contributed by atoms with Gasteiger partial charge in [-0.15, -0.1) is 0 Å². The number of furan rings is 1. The van der Waals surface area contributed by atoms with Crippen molar-refractivity contribution in [2.75, 3.05) is 0 Å². The molecule has 3 N–H and O–H groups in total. The summed E-state index contributed by atoms with van der Waals surface area (Å²) in [6, 6.07) is 5.56. The van der Waals surface area contributed by atoms with Crippen LogP contribution in [0.15, 0.2) is 58.1 Å². The molecule has 9 nitrogen and oxygen atoms in total. The number of rotatable bonds is 7. The van der Waals surface area contributed by atoms with Crippen molar-refractivity contribution in [1.82, 2.24) is 15.5 Å². The lowest BCUT2D eigenvalue weighted by Gasteiger charge is -2.15. The first kappa shape index (κ1) is 17.1. The minimum atomic E-state index is -1.15. The van der Waals surface area contributed by atoms with Gasteiger partial charge in [-0.2, -0.15) is 0 Å². The summed E-state index contributed by atoms with van der Waals surface area (Å²) >= 11 is 0. The zero-order valence-electron chi connectivity index (χ0n) is 13.4. The van der Waals surface area contributed by atoms with Crippen molar-refractivity contribution >= 4 is 17.6 Å². The van der Waals surface area contributed by atoms with E-state index in [4.69, 9.17) is 14.7 Å². The van der Waals surface area contributed by atoms with Crippen molar-refractivity contribution in [2.45, 2.75) is 12.5 Å². The lowest BCUT2D eigenvalue weighted by molar-refractivity contribution is -0.137. The van der Waals surface area contributed by atoms with Gasteiger partial charge in [0.15, 0.2) is 5.76 Å². The zero-order chi connectivity index (χ0) is 18.5. The van der Waals surface area contributed by atoms with Gasteiger partial charge in [0.1, 0.15) is 17.3 Å². The maximum atomic E-state index is 12.6. The van der Waals surface area contributed by atoms with Crippen molar-refractivity contribution in [2.24, 2.45) is 5.73 Å². The maximum Gasteiger partial charge on any atom is 0.287 e. The average Bonchev–Trinajstić information content (AvgIpc) is 3.32. The van der Waals surface area contributed by atoms with E-state index in [1.807, 2.05) is 0 Å². The number of Topliss-reactive ketones (excluding diaryl/α,β-unsaturated/α-hetero) is 1. The average molecular weight is 354 g/mol. The molecule has 9 heteroatoms. The molecule has 26 heavy (non-hydrogen) atoms. The first-order chi connectivity index (χ1) is 12.6. The number of carbonyl (C=O) groups excluding carboxylic acids is 3. The highest BCUT2D eigenvalue weighted by atomic mass is 16.5. The van der Waals surface area contributed by atoms with E-state index in [-0.39, 0.29) is 17.7 Å². The number of primary amides is 1. The summed E-state index contributed by atoms with van der Waals surface area (Å²) in [5.74, 6) is -2.56. The Morgan fingerprint density at radius 1 is 1.23 bits per heavy atom. The number of carbonyl (C=O) groups is 3. The molecule has 0 radical (unpaired) electrons. The van der Waals surface area contributed by atoms with Gasteiger partial charge >= 0.3 is 0 Å². The van der Waals surface area contributed by atoms with E-state index in [9.17, 15) is 14.4 Å². The zero-order valence-corrected chi connectivity index (χ0v) is 13.4. The van der Waals surface area contributed by atoms with Crippen LogP contribution in [0.4, 0.5) is 0 Å². The van der Waals surface area contributed by atoms with Gasteiger partial charge in [0.05, 0.1) is 18.7 Å². The number of nitrogens with two attached hydrogens (primary N) is 1. The van der Waals surface area contributed by atoms with Crippen LogP contribution in [0.3, 0.4) is 0 Å². The van der Waals surface area contributed by atoms with E-state index in [0.717, 1.165) is 0 Å². The molecule has 0 fully saturated rings. The van der Waals surface area contributed by atoms with Crippen molar-refractivity contribution in [3.8, 4) is 11.5 Å². The number of amides is 2. The molecule has 1 atom stereocenters. The number of nitrogens with one attached hydrogen (secondary N) is 1. The number of nitrogens with zero attached hydrogens (tertiary/aromatic N) is 2. The Labute approximate surface area is 147 Å². The van der Waals surface area contributed by atoms with E-state index in [2.05, 4.69) is 15.5 Å². The Morgan fingerprint density at radius 2 is 2.08 bits per heavy atom. The lowest BCUT2D eigenvalue weighted by Crippen LogP contribution is -2.47. The molecule has 0 bridgehead atoms. The fraction of sp³-hybridized carbons (Fsp3) is 0.118. The molecule has 0 aliphatic rings. The highest BCUT2D eigenvalue weighted by Crippen LogP contribution is 2.21. The van der Waals surface area contributed by atoms with E-state index < -0.39 is 23.6 Å². The largest absolute Gasteiger partial charge is 0.472 e. The van der Waals surface area contributed by atoms with Crippen LogP contribution in [0.1, 0.15) is 15.9 Å². The van der Waals surface area contributed by atoms with Crippen LogP contribution in [-0.2, 0) is 16.0 Å². The molecule has 3 heterocycles. The van der Waals surface area contributed by atoms with E-state index in [0.29, 0.717) is 11.3 Å². The predicted octanol–water partition coefficient (Wildman–Crippen LogP) is 0.725. The van der Waals surface area contributed by atoms with Crippen LogP contribution in [0.25, 0.3) is 11.5 Å². The monoisotopic (exact) mass is 354 g/mol. The molecule has 2 amide bonds. The van der Waals surface area contributed by atoms with Gasteiger partial charge in [0.25, 0.3) is 11.8 Å². The van der Waals surface area contributed by atoms with E-state index in [1.165, 1.54) is 24.9 Å². The van der Waals surface area contributed by atoms with Gasteiger partial charge in [-0.25, -0.2) is 0 Å². The summed E-state index contributed by atoms with van der Waals surface area (Å²) in [6.07, 6.45) is 5.63. The second-order valence-corrected chi connectivity index (χ2v) is 5.37. The Bertz CT molecular complexity index is 918. The summed E-state index contributed by atoms with van der Waals surface area (Å²) in [6.45, 7) is 0. The number of ketones is 1. The molecule has 0 spiro atoms. The molecule has 3 rings (SSSR count). The summed E-state index contributed by atoms with van der Waals surface area (Å²) in [4.78, 5) is 40.0. The van der Waals surface area contributed by atoms with Gasteiger partial charge in [-0.05, 0) is 23.8 Å². The topological polar surface area (TPSA) is 141 Å². The smallest absolute Gasteiger partial charge is 0.287 e. The van der Waals surface area contributed by atoms with E-state index in [1.54, 1.807) is 24.3 Å². The van der Waals surface area contributed by atoms with Gasteiger partial charge < -0.3 is 20.0 Å². The molecular formula is C17H14N4O5. The molecule has 0 aliphatic carbocycles. The van der Waals surface area contributed by atoms with Gasteiger partial charge in [0.2, 0.25) is 5.78 Å². The maximum absolute atomic E-state index is 12.6. The van der Waals surface area contributed by atoms with Crippen LogP contribution in [-0.4, -0.2) is 33.8 Å². The standard InChI is InChI=1S/C17H14N4O5/c18-16(23)14(22)13(7-10-4-6-25-9-10)21-17(24)11-8-20-26-15(11)12-3-1-2-5-19-12/h1-6,8-9,13H,7H2,(H2,18,23)(H,21,24). The first-order valence-corrected chi connectivity index (χ1v) is 7.58. The third kappa shape index (κ3) is 3.66. The van der Waals surface area contributed by atoms with Crippen LogP contribution in [0.5, 0.6) is 0 Å². The number of hydrogen-bond donors (Lipinski definition) is 2. The number of hydrogen-bond acceptors (Lipinski definition) is 7. The molecule has 0 aromatic carbocycles. The fourth-order valence-corrected chi connectivity index (χ4v) is 2.34. The molecule has 1 unspecified atom stereocenters. The highest BCUT2D eigenvalue weighted by molar-refractivity contribution is 6.38. The Hall–Kier alpha value is -3.75. The van der Waals surface area contributed by atoms with Crippen molar-refractivity contribution < 1.29 is 23.3 Å². The normalized spacial score (nSPS) is 11.7. The summed E-state index contributed by atoms with van der Waals surface area (Å²) in [7, 11) is 0.